The number of aryl methyl sites for hydroxylation is 1. The van der Waals surface area contributed by atoms with E-state index in [1.165, 1.54) is 19.2 Å². The molecule has 0 N–H and O–H groups in total. The van der Waals surface area contributed by atoms with E-state index >= 15 is 0 Å². The summed E-state index contributed by atoms with van der Waals surface area (Å²) in [6.07, 6.45) is -0.965. The molecule has 0 amide bonds. The van der Waals surface area contributed by atoms with Gasteiger partial charge >= 0.3 is 0 Å². The van der Waals surface area contributed by atoms with Crippen molar-refractivity contribution in [1.82, 2.24) is 0 Å². The molecule has 0 fully saturated rings. The summed E-state index contributed by atoms with van der Waals surface area (Å²) in [5, 5.41) is 0. The fraction of sp³-hybridized carbons (Fsp3) is 0.364. The van der Waals surface area contributed by atoms with Gasteiger partial charge in [0.15, 0.2) is 0 Å². The lowest BCUT2D eigenvalue weighted by Gasteiger charge is -2.07. The summed E-state index contributed by atoms with van der Waals surface area (Å²) < 4.78 is 29.8. The quantitative estimate of drug-likeness (QED) is 0.704. The van der Waals surface area contributed by atoms with E-state index < -0.39 is 6.43 Å². The van der Waals surface area contributed by atoms with E-state index in [4.69, 9.17) is 4.74 Å². The van der Waals surface area contributed by atoms with Gasteiger partial charge in [-0.2, -0.15) is 0 Å². The summed E-state index contributed by atoms with van der Waals surface area (Å²) in [7, 11) is 1.42. The minimum absolute atomic E-state index is 0.0738. The van der Waals surface area contributed by atoms with Crippen LogP contribution in [0.1, 0.15) is 24.0 Å². The van der Waals surface area contributed by atoms with E-state index in [0.29, 0.717) is 24.2 Å². The molecule has 0 radical (unpaired) electrons. The van der Waals surface area contributed by atoms with Crippen molar-refractivity contribution in [2.45, 2.75) is 19.3 Å². The van der Waals surface area contributed by atoms with Gasteiger partial charge in [-0.1, -0.05) is 0 Å². The maximum atomic E-state index is 12.5. The number of rotatable bonds is 5. The molecule has 0 aromatic heterocycles. The number of ether oxygens (including phenoxy) is 1. The van der Waals surface area contributed by atoms with Gasteiger partial charge in [0.2, 0.25) is 0 Å². The molecule has 0 atom stereocenters. The van der Waals surface area contributed by atoms with Gasteiger partial charge in [0.1, 0.15) is 12.0 Å². The summed E-state index contributed by atoms with van der Waals surface area (Å²) >= 11 is 0. The van der Waals surface area contributed by atoms with Crippen molar-refractivity contribution in [3.05, 3.63) is 29.3 Å². The lowest BCUT2D eigenvalue weighted by molar-refractivity contribution is -0.107. The summed E-state index contributed by atoms with van der Waals surface area (Å²) in [6, 6.07) is 4.36. The molecule has 0 heterocycles. The molecular weight excluding hydrogens is 202 g/mol. The topological polar surface area (TPSA) is 26.3 Å². The molecule has 0 aliphatic carbocycles. The van der Waals surface area contributed by atoms with Crippen molar-refractivity contribution in [2.24, 2.45) is 0 Å². The van der Waals surface area contributed by atoms with Crippen molar-refractivity contribution in [3.8, 4) is 5.75 Å². The van der Waals surface area contributed by atoms with Crippen LogP contribution in [-0.2, 0) is 11.2 Å². The molecule has 0 saturated heterocycles. The molecule has 0 aliphatic heterocycles. The lowest BCUT2D eigenvalue weighted by atomic mass is 10.1. The molecule has 1 aromatic carbocycles. The molecule has 0 saturated carbocycles. The Kier molecular flexibility index (Phi) is 4.21. The third-order valence-corrected chi connectivity index (χ3v) is 2.03. The fourth-order valence-electron chi connectivity index (χ4n) is 1.30. The number of hydrogen-bond donors (Lipinski definition) is 0. The van der Waals surface area contributed by atoms with Crippen LogP contribution in [0.5, 0.6) is 5.75 Å². The Hall–Kier alpha value is -1.45. The predicted octanol–water partition coefficient (Wildman–Crippen LogP) is 2.76. The molecule has 0 aliphatic rings. The highest BCUT2D eigenvalue weighted by molar-refractivity contribution is 5.50. The van der Waals surface area contributed by atoms with Gasteiger partial charge in [0.25, 0.3) is 6.43 Å². The minimum Gasteiger partial charge on any atom is -0.497 e. The van der Waals surface area contributed by atoms with Crippen molar-refractivity contribution >= 4 is 6.29 Å². The van der Waals surface area contributed by atoms with Crippen LogP contribution in [-0.4, -0.2) is 13.4 Å². The highest BCUT2D eigenvalue weighted by Gasteiger charge is 2.10. The lowest BCUT2D eigenvalue weighted by Crippen LogP contribution is -1.93. The summed E-state index contributed by atoms with van der Waals surface area (Å²) in [6.45, 7) is 0. The standard InChI is InChI=1S/C11H12F2O2/c1-15-10-6-8(3-2-4-14)5-9(7-10)11(12)13/h4-7,11H,2-3H2,1H3. The number of methoxy groups -OCH3 is 1. The number of carbonyl (C=O) groups is 1. The molecule has 4 heteroatoms. The van der Waals surface area contributed by atoms with Gasteiger partial charge in [-0.05, 0) is 30.2 Å². The maximum absolute atomic E-state index is 12.5. The first-order valence-electron chi connectivity index (χ1n) is 4.57. The van der Waals surface area contributed by atoms with E-state index in [1.807, 2.05) is 0 Å². The van der Waals surface area contributed by atoms with Crippen molar-refractivity contribution in [1.29, 1.82) is 0 Å². The Morgan fingerprint density at radius 1 is 1.40 bits per heavy atom. The highest BCUT2D eigenvalue weighted by Crippen LogP contribution is 2.25. The molecule has 0 spiro atoms. The third kappa shape index (κ3) is 3.31. The second-order valence-electron chi connectivity index (χ2n) is 3.12. The van der Waals surface area contributed by atoms with Crippen molar-refractivity contribution < 1.29 is 18.3 Å². The summed E-state index contributed by atoms with van der Waals surface area (Å²) in [5.41, 5.74) is 0.618. The zero-order valence-corrected chi connectivity index (χ0v) is 8.37. The van der Waals surface area contributed by atoms with Crippen LogP contribution in [0.3, 0.4) is 0 Å². The molecule has 15 heavy (non-hydrogen) atoms. The Labute approximate surface area is 86.9 Å². The van der Waals surface area contributed by atoms with Gasteiger partial charge in [-0.25, -0.2) is 8.78 Å². The van der Waals surface area contributed by atoms with Gasteiger partial charge in [-0.15, -0.1) is 0 Å². The second-order valence-corrected chi connectivity index (χ2v) is 3.12. The first kappa shape index (κ1) is 11.6. The van der Waals surface area contributed by atoms with Gasteiger partial charge in [0, 0.05) is 12.0 Å². The first-order valence-corrected chi connectivity index (χ1v) is 4.57. The van der Waals surface area contributed by atoms with Gasteiger partial charge in [0.05, 0.1) is 7.11 Å². The predicted molar refractivity (Wildman–Crippen MR) is 52.3 cm³/mol. The SMILES string of the molecule is COc1cc(CCC=O)cc(C(F)F)c1. The Bertz CT molecular complexity index is 337. The molecule has 1 rings (SSSR count). The van der Waals surface area contributed by atoms with E-state index in [2.05, 4.69) is 0 Å². The van der Waals surface area contributed by atoms with E-state index in [1.54, 1.807) is 6.07 Å². The largest absolute Gasteiger partial charge is 0.497 e. The van der Waals surface area contributed by atoms with E-state index in [-0.39, 0.29) is 5.56 Å². The molecule has 82 valence electrons. The Balaban J connectivity index is 2.94. The van der Waals surface area contributed by atoms with Crippen LogP contribution in [0.4, 0.5) is 8.78 Å². The molecule has 0 bridgehead atoms. The third-order valence-electron chi connectivity index (χ3n) is 2.03. The van der Waals surface area contributed by atoms with E-state index in [0.717, 1.165) is 6.29 Å². The zero-order chi connectivity index (χ0) is 11.3. The van der Waals surface area contributed by atoms with Crippen LogP contribution in [0.15, 0.2) is 18.2 Å². The molecular formula is C11H12F2O2. The van der Waals surface area contributed by atoms with Crippen LogP contribution < -0.4 is 4.74 Å². The number of halogens is 2. The molecule has 1 aromatic rings. The van der Waals surface area contributed by atoms with Crippen LogP contribution in [0, 0.1) is 0 Å². The number of benzene rings is 1. The average molecular weight is 214 g/mol. The molecule has 0 unspecified atom stereocenters. The Morgan fingerprint density at radius 2 is 2.13 bits per heavy atom. The number of carbonyl (C=O) groups excluding carboxylic acids is 1. The maximum Gasteiger partial charge on any atom is 0.263 e. The van der Waals surface area contributed by atoms with Crippen molar-refractivity contribution in [2.75, 3.05) is 7.11 Å². The van der Waals surface area contributed by atoms with Crippen molar-refractivity contribution in [3.63, 3.8) is 0 Å². The molecule has 2 nitrogen and oxygen atoms in total. The fourth-order valence-corrected chi connectivity index (χ4v) is 1.30. The number of hydrogen-bond acceptors (Lipinski definition) is 2. The van der Waals surface area contributed by atoms with Crippen LogP contribution in [0.25, 0.3) is 0 Å². The number of aldehydes is 1. The van der Waals surface area contributed by atoms with Gasteiger partial charge in [-0.3, -0.25) is 0 Å². The number of alkyl halides is 2. The normalized spacial score (nSPS) is 10.4. The summed E-state index contributed by atoms with van der Waals surface area (Å²) in [4.78, 5) is 10.2. The minimum atomic E-state index is -2.52. The van der Waals surface area contributed by atoms with Gasteiger partial charge < -0.3 is 9.53 Å². The smallest absolute Gasteiger partial charge is 0.263 e. The van der Waals surface area contributed by atoms with Crippen LogP contribution in [0.2, 0.25) is 0 Å². The Morgan fingerprint density at radius 3 is 2.67 bits per heavy atom. The van der Waals surface area contributed by atoms with E-state index in [9.17, 15) is 13.6 Å². The average Bonchev–Trinajstić information content (AvgIpc) is 2.25. The second kappa shape index (κ2) is 5.44. The monoisotopic (exact) mass is 214 g/mol. The van der Waals surface area contributed by atoms with Crippen LogP contribution >= 0.6 is 0 Å². The zero-order valence-electron chi connectivity index (χ0n) is 8.37. The first-order chi connectivity index (χ1) is 7.17. The highest BCUT2D eigenvalue weighted by atomic mass is 19.3. The summed E-state index contributed by atoms with van der Waals surface area (Å²) in [5.74, 6) is 0.397.